The van der Waals surface area contributed by atoms with E-state index in [2.05, 4.69) is 18.8 Å². The van der Waals surface area contributed by atoms with Crippen molar-refractivity contribution in [3.05, 3.63) is 12.2 Å². The molecule has 12 heavy (non-hydrogen) atoms. The first-order valence-corrected chi connectivity index (χ1v) is 4.56. The molecule has 1 N–H and O–H groups in total. The molecule has 0 aliphatic heterocycles. The maximum atomic E-state index is 11.2. The van der Waals surface area contributed by atoms with Crippen LogP contribution in [0.25, 0.3) is 0 Å². The van der Waals surface area contributed by atoms with E-state index in [0.717, 1.165) is 19.4 Å². The van der Waals surface area contributed by atoms with Crippen molar-refractivity contribution < 1.29 is 4.79 Å². The Morgan fingerprint density at radius 1 is 1.50 bits per heavy atom. The molecule has 0 spiro atoms. The Kier molecular flexibility index (Phi) is 5.43. The minimum atomic E-state index is -0.00144. The van der Waals surface area contributed by atoms with E-state index in [0.29, 0.717) is 5.57 Å². The van der Waals surface area contributed by atoms with Gasteiger partial charge in [-0.3, -0.25) is 4.79 Å². The van der Waals surface area contributed by atoms with Gasteiger partial charge in [0, 0.05) is 12.1 Å². The minimum Gasteiger partial charge on any atom is -0.352 e. The van der Waals surface area contributed by atoms with Crippen LogP contribution in [-0.2, 0) is 4.79 Å². The van der Waals surface area contributed by atoms with Crippen LogP contribution < -0.4 is 5.32 Å². The molecule has 0 aliphatic carbocycles. The second-order valence-corrected chi connectivity index (χ2v) is 3.29. The van der Waals surface area contributed by atoms with Crippen molar-refractivity contribution in [2.75, 3.05) is 6.54 Å². The monoisotopic (exact) mass is 169 g/mol. The first-order valence-electron chi connectivity index (χ1n) is 4.56. The highest BCUT2D eigenvalue weighted by Crippen LogP contribution is 2.05. The fraction of sp³-hybridized carbons (Fsp3) is 0.700. The van der Waals surface area contributed by atoms with Gasteiger partial charge in [0.2, 0.25) is 5.91 Å². The van der Waals surface area contributed by atoms with Crippen LogP contribution in [0.3, 0.4) is 0 Å². The molecular formula is C10H19NO. The second kappa shape index (κ2) is 5.81. The van der Waals surface area contributed by atoms with E-state index in [1.54, 1.807) is 0 Å². The lowest BCUT2D eigenvalue weighted by Crippen LogP contribution is -2.27. The van der Waals surface area contributed by atoms with Crippen molar-refractivity contribution in [3.8, 4) is 0 Å². The van der Waals surface area contributed by atoms with E-state index >= 15 is 0 Å². The predicted octanol–water partition coefficient (Wildman–Crippen LogP) is 2.11. The number of carbonyl (C=O) groups is 1. The zero-order chi connectivity index (χ0) is 9.56. The summed E-state index contributed by atoms with van der Waals surface area (Å²) in [6, 6.07) is 0. The van der Waals surface area contributed by atoms with Crippen LogP contribution in [0.5, 0.6) is 0 Å². The maximum Gasteiger partial charge on any atom is 0.246 e. The van der Waals surface area contributed by atoms with E-state index in [1.807, 2.05) is 13.8 Å². The molecule has 0 heterocycles. The highest BCUT2D eigenvalue weighted by atomic mass is 16.1. The highest BCUT2D eigenvalue weighted by Gasteiger charge is 2.08. The van der Waals surface area contributed by atoms with Crippen molar-refractivity contribution in [2.45, 2.75) is 33.6 Å². The van der Waals surface area contributed by atoms with Crippen molar-refractivity contribution in [2.24, 2.45) is 5.92 Å². The quantitative estimate of drug-likeness (QED) is 0.495. The summed E-state index contributed by atoms with van der Waals surface area (Å²) in [5.41, 5.74) is 0.672. The molecule has 0 radical (unpaired) electrons. The van der Waals surface area contributed by atoms with Crippen molar-refractivity contribution >= 4 is 5.91 Å². The normalized spacial score (nSPS) is 10.0. The Morgan fingerprint density at radius 3 is 2.50 bits per heavy atom. The maximum absolute atomic E-state index is 11.2. The average Bonchev–Trinajstić information content (AvgIpc) is 2.03. The Bertz CT molecular complexity index is 161. The first-order chi connectivity index (χ1) is 5.59. The molecule has 0 atom stereocenters. The Hall–Kier alpha value is -0.790. The summed E-state index contributed by atoms with van der Waals surface area (Å²) in [5, 5.41) is 2.83. The van der Waals surface area contributed by atoms with Crippen LogP contribution in [-0.4, -0.2) is 12.5 Å². The number of nitrogens with one attached hydrogen (secondary N) is 1. The fourth-order valence-electron chi connectivity index (χ4n) is 0.754. The van der Waals surface area contributed by atoms with Gasteiger partial charge in [-0.05, 0) is 12.3 Å². The van der Waals surface area contributed by atoms with Crippen molar-refractivity contribution in [1.82, 2.24) is 5.32 Å². The third-order valence-corrected chi connectivity index (χ3v) is 1.80. The zero-order valence-electron chi connectivity index (χ0n) is 8.31. The summed E-state index contributed by atoms with van der Waals surface area (Å²) in [5.74, 6) is 0.241. The van der Waals surface area contributed by atoms with E-state index in [1.165, 1.54) is 0 Å². The molecule has 0 rings (SSSR count). The van der Waals surface area contributed by atoms with Gasteiger partial charge in [0.25, 0.3) is 0 Å². The molecule has 2 nitrogen and oxygen atoms in total. The first kappa shape index (κ1) is 11.2. The summed E-state index contributed by atoms with van der Waals surface area (Å²) in [6.07, 6.45) is 2.14. The van der Waals surface area contributed by atoms with Crippen LogP contribution >= 0.6 is 0 Å². The van der Waals surface area contributed by atoms with Gasteiger partial charge in [-0.2, -0.15) is 0 Å². The topological polar surface area (TPSA) is 29.1 Å². The lowest BCUT2D eigenvalue weighted by Gasteiger charge is -2.09. The van der Waals surface area contributed by atoms with Crippen molar-refractivity contribution in [1.29, 1.82) is 0 Å². The molecule has 0 aliphatic rings. The number of amides is 1. The Morgan fingerprint density at radius 2 is 2.08 bits per heavy atom. The lowest BCUT2D eigenvalue weighted by molar-refractivity contribution is -0.117. The minimum absolute atomic E-state index is 0.00144. The zero-order valence-corrected chi connectivity index (χ0v) is 8.31. The van der Waals surface area contributed by atoms with Gasteiger partial charge in [0.1, 0.15) is 0 Å². The summed E-state index contributed by atoms with van der Waals surface area (Å²) < 4.78 is 0. The van der Waals surface area contributed by atoms with Gasteiger partial charge in [-0.1, -0.05) is 33.8 Å². The van der Waals surface area contributed by atoms with Gasteiger partial charge >= 0.3 is 0 Å². The molecule has 1 amide bonds. The molecule has 0 saturated carbocycles. The third kappa shape index (κ3) is 4.16. The number of hydrogen-bond donors (Lipinski definition) is 1. The molecular weight excluding hydrogens is 150 g/mol. The van der Waals surface area contributed by atoms with Gasteiger partial charge < -0.3 is 5.32 Å². The smallest absolute Gasteiger partial charge is 0.246 e. The van der Waals surface area contributed by atoms with Gasteiger partial charge in [0.15, 0.2) is 0 Å². The number of carbonyl (C=O) groups excluding carboxylic acids is 1. The number of unbranched alkanes of at least 4 members (excludes halogenated alkanes) is 1. The Labute approximate surface area is 75.0 Å². The van der Waals surface area contributed by atoms with Gasteiger partial charge in [-0.15, -0.1) is 0 Å². The van der Waals surface area contributed by atoms with E-state index < -0.39 is 0 Å². The molecule has 0 aromatic heterocycles. The molecule has 2 heteroatoms. The lowest BCUT2D eigenvalue weighted by atomic mass is 10.1. The number of hydrogen-bond acceptors (Lipinski definition) is 1. The third-order valence-electron chi connectivity index (χ3n) is 1.80. The van der Waals surface area contributed by atoms with Crippen LogP contribution in [0.4, 0.5) is 0 Å². The van der Waals surface area contributed by atoms with Crippen LogP contribution in [0.1, 0.15) is 33.6 Å². The molecule has 0 bridgehead atoms. The van der Waals surface area contributed by atoms with Gasteiger partial charge in [0.05, 0.1) is 0 Å². The van der Waals surface area contributed by atoms with E-state index in [-0.39, 0.29) is 11.8 Å². The second-order valence-electron chi connectivity index (χ2n) is 3.29. The standard InChI is InChI=1S/C10H19NO/c1-5-6-7-11-10(12)9(4)8(2)3/h8H,4-7H2,1-3H3,(H,11,12). The van der Waals surface area contributed by atoms with Gasteiger partial charge in [-0.25, -0.2) is 0 Å². The van der Waals surface area contributed by atoms with Crippen LogP contribution in [0.2, 0.25) is 0 Å². The largest absolute Gasteiger partial charge is 0.352 e. The van der Waals surface area contributed by atoms with Crippen LogP contribution in [0, 0.1) is 5.92 Å². The van der Waals surface area contributed by atoms with Crippen LogP contribution in [0.15, 0.2) is 12.2 Å². The Balaban J connectivity index is 3.65. The summed E-state index contributed by atoms with van der Waals surface area (Å²) >= 11 is 0. The molecule has 70 valence electrons. The number of rotatable bonds is 5. The fourth-order valence-corrected chi connectivity index (χ4v) is 0.754. The SMILES string of the molecule is C=C(C(=O)NCCCC)C(C)C. The average molecular weight is 169 g/mol. The molecule has 0 aromatic rings. The molecule has 0 saturated heterocycles. The summed E-state index contributed by atoms with van der Waals surface area (Å²) in [6.45, 7) is 10.5. The molecule has 0 unspecified atom stereocenters. The predicted molar refractivity (Wildman–Crippen MR) is 51.9 cm³/mol. The van der Waals surface area contributed by atoms with E-state index in [4.69, 9.17) is 0 Å². The summed E-state index contributed by atoms with van der Waals surface area (Å²) in [7, 11) is 0. The highest BCUT2D eigenvalue weighted by molar-refractivity contribution is 5.93. The molecule has 0 fully saturated rings. The summed E-state index contributed by atoms with van der Waals surface area (Å²) in [4.78, 5) is 11.2. The van der Waals surface area contributed by atoms with E-state index in [9.17, 15) is 4.79 Å². The van der Waals surface area contributed by atoms with Crippen molar-refractivity contribution in [3.63, 3.8) is 0 Å². The molecule has 0 aromatic carbocycles.